The van der Waals surface area contributed by atoms with E-state index in [1.165, 1.54) is 0 Å². The van der Waals surface area contributed by atoms with Gasteiger partial charge in [0, 0.05) is 31.2 Å². The summed E-state index contributed by atoms with van der Waals surface area (Å²) in [6.45, 7) is 17.6. The van der Waals surface area contributed by atoms with E-state index in [1.54, 1.807) is 6.33 Å². The molecule has 0 saturated carbocycles. The Morgan fingerprint density at radius 2 is 2.10 bits per heavy atom. The minimum absolute atomic E-state index is 0.144. The zero-order valence-corrected chi connectivity index (χ0v) is 14.5. The van der Waals surface area contributed by atoms with Gasteiger partial charge in [0.15, 0.2) is 0 Å². The van der Waals surface area contributed by atoms with Crippen LogP contribution in [-0.2, 0) is 13.1 Å². The van der Waals surface area contributed by atoms with E-state index in [4.69, 9.17) is 0 Å². The average molecular weight is 293 g/mol. The van der Waals surface area contributed by atoms with Crippen LogP contribution in [0.5, 0.6) is 0 Å². The molecule has 0 amide bonds. The topological polar surface area (TPSA) is 46.0 Å². The monoisotopic (exact) mass is 293 g/mol. The van der Waals surface area contributed by atoms with Gasteiger partial charge >= 0.3 is 0 Å². The van der Waals surface area contributed by atoms with E-state index in [0.717, 1.165) is 38.4 Å². The molecule has 1 aliphatic rings. The summed E-state index contributed by atoms with van der Waals surface area (Å²) in [6, 6.07) is 0.507. The van der Waals surface area contributed by atoms with Crippen LogP contribution in [0.1, 0.15) is 53.8 Å². The molecular formula is C16H31N5. The number of piperazine rings is 1. The summed E-state index contributed by atoms with van der Waals surface area (Å²) >= 11 is 0. The summed E-state index contributed by atoms with van der Waals surface area (Å²) < 4.78 is 2.05. The van der Waals surface area contributed by atoms with Crippen molar-refractivity contribution in [2.75, 3.05) is 13.1 Å². The molecule has 1 atom stereocenters. The third-order valence-electron chi connectivity index (χ3n) is 4.55. The van der Waals surface area contributed by atoms with Crippen molar-refractivity contribution >= 4 is 0 Å². The maximum Gasteiger partial charge on any atom is 0.141 e. The van der Waals surface area contributed by atoms with E-state index in [-0.39, 0.29) is 11.0 Å². The Kier molecular flexibility index (Phi) is 4.73. The molecule has 5 nitrogen and oxygen atoms in total. The molecule has 5 heteroatoms. The Balaban J connectivity index is 2.13. The summed E-state index contributed by atoms with van der Waals surface area (Å²) in [5.41, 5.74) is 0.413. The van der Waals surface area contributed by atoms with Gasteiger partial charge in [0.25, 0.3) is 0 Å². The van der Waals surface area contributed by atoms with Crippen molar-refractivity contribution in [2.45, 2.75) is 72.6 Å². The molecular weight excluding hydrogens is 262 g/mol. The highest BCUT2D eigenvalue weighted by molar-refractivity contribution is 4.99. The zero-order chi connectivity index (χ0) is 15.7. The zero-order valence-electron chi connectivity index (χ0n) is 14.5. The normalized spacial score (nSPS) is 23.4. The molecule has 0 aromatic carbocycles. The van der Waals surface area contributed by atoms with Gasteiger partial charge in [-0.3, -0.25) is 4.90 Å². The summed E-state index contributed by atoms with van der Waals surface area (Å²) in [5, 5.41) is 8.06. The molecule has 1 fully saturated rings. The molecule has 1 unspecified atom stereocenters. The van der Waals surface area contributed by atoms with Crippen LogP contribution in [0.25, 0.3) is 0 Å². The van der Waals surface area contributed by atoms with E-state index >= 15 is 0 Å². The van der Waals surface area contributed by atoms with Gasteiger partial charge in [0.1, 0.15) is 12.2 Å². The quantitative estimate of drug-likeness (QED) is 0.925. The number of aromatic nitrogens is 3. The smallest absolute Gasteiger partial charge is 0.141 e. The molecule has 2 heterocycles. The Hall–Kier alpha value is -0.940. The molecule has 0 radical (unpaired) electrons. The third kappa shape index (κ3) is 3.83. The second-order valence-electron chi connectivity index (χ2n) is 7.89. The number of nitrogens with zero attached hydrogens (tertiary/aromatic N) is 4. The third-order valence-corrected chi connectivity index (χ3v) is 4.55. The lowest BCUT2D eigenvalue weighted by Gasteiger charge is -2.49. The van der Waals surface area contributed by atoms with Gasteiger partial charge in [0.2, 0.25) is 0 Å². The predicted molar refractivity (Wildman–Crippen MR) is 86.0 cm³/mol. The number of hydrogen-bond donors (Lipinski definition) is 1. The second kappa shape index (κ2) is 6.05. The Labute approximate surface area is 129 Å². The molecule has 1 aromatic heterocycles. The van der Waals surface area contributed by atoms with Crippen molar-refractivity contribution in [2.24, 2.45) is 5.41 Å². The first-order valence-electron chi connectivity index (χ1n) is 8.09. The molecule has 1 aromatic rings. The second-order valence-corrected chi connectivity index (χ2v) is 7.89. The Morgan fingerprint density at radius 3 is 2.71 bits per heavy atom. The van der Waals surface area contributed by atoms with Gasteiger partial charge in [0.05, 0.1) is 6.54 Å². The van der Waals surface area contributed by atoms with E-state index in [1.807, 2.05) is 4.68 Å². The van der Waals surface area contributed by atoms with Crippen LogP contribution in [0, 0.1) is 5.41 Å². The first kappa shape index (κ1) is 16.4. The summed E-state index contributed by atoms with van der Waals surface area (Å²) in [5.74, 6) is 1.08. The maximum atomic E-state index is 4.47. The standard InChI is InChI=1S/C16H31N5/c1-7-8-21-14(18-12-19-21)10-20-9-13(15(2,3)4)17-11-16(20,5)6/h12-13,17H,7-11H2,1-6H3. The van der Waals surface area contributed by atoms with E-state index in [0.29, 0.717) is 6.04 Å². The number of aryl methyl sites for hydroxylation is 1. The molecule has 120 valence electrons. The first-order valence-corrected chi connectivity index (χ1v) is 8.09. The highest BCUT2D eigenvalue weighted by atomic mass is 15.4. The fourth-order valence-corrected chi connectivity index (χ4v) is 2.86. The molecule has 1 saturated heterocycles. The van der Waals surface area contributed by atoms with Crippen molar-refractivity contribution < 1.29 is 0 Å². The van der Waals surface area contributed by atoms with Gasteiger partial charge in [-0.15, -0.1) is 0 Å². The fourth-order valence-electron chi connectivity index (χ4n) is 2.86. The van der Waals surface area contributed by atoms with Gasteiger partial charge in [-0.05, 0) is 25.7 Å². The lowest BCUT2D eigenvalue weighted by molar-refractivity contribution is 0.0266. The largest absolute Gasteiger partial charge is 0.310 e. The highest BCUT2D eigenvalue weighted by Crippen LogP contribution is 2.28. The Morgan fingerprint density at radius 1 is 1.38 bits per heavy atom. The van der Waals surface area contributed by atoms with Crippen molar-refractivity contribution in [3.05, 3.63) is 12.2 Å². The van der Waals surface area contributed by atoms with E-state index in [9.17, 15) is 0 Å². The highest BCUT2D eigenvalue weighted by Gasteiger charge is 2.38. The molecule has 21 heavy (non-hydrogen) atoms. The molecule has 0 spiro atoms. The van der Waals surface area contributed by atoms with Crippen LogP contribution in [0.3, 0.4) is 0 Å². The Bertz CT molecular complexity index is 457. The van der Waals surface area contributed by atoms with E-state index < -0.39 is 0 Å². The average Bonchev–Trinajstić information content (AvgIpc) is 2.78. The van der Waals surface area contributed by atoms with Crippen molar-refractivity contribution in [3.63, 3.8) is 0 Å². The van der Waals surface area contributed by atoms with Gasteiger partial charge < -0.3 is 5.32 Å². The first-order chi connectivity index (χ1) is 9.74. The molecule has 0 aliphatic carbocycles. The van der Waals surface area contributed by atoms with Gasteiger partial charge in [-0.1, -0.05) is 27.7 Å². The molecule has 2 rings (SSSR count). The predicted octanol–water partition coefficient (Wildman–Crippen LogP) is 2.29. The summed E-state index contributed by atoms with van der Waals surface area (Å²) in [4.78, 5) is 7.02. The maximum absolute atomic E-state index is 4.47. The SMILES string of the molecule is CCCn1ncnc1CN1CC(C(C)(C)C)NCC1(C)C. The van der Waals surface area contributed by atoms with Crippen LogP contribution in [-0.4, -0.2) is 44.3 Å². The number of rotatable bonds is 4. The fraction of sp³-hybridized carbons (Fsp3) is 0.875. The van der Waals surface area contributed by atoms with Crippen LogP contribution >= 0.6 is 0 Å². The molecule has 1 N–H and O–H groups in total. The van der Waals surface area contributed by atoms with Crippen LogP contribution in [0.2, 0.25) is 0 Å². The number of nitrogens with one attached hydrogen (secondary N) is 1. The molecule has 0 bridgehead atoms. The van der Waals surface area contributed by atoms with Gasteiger partial charge in [-0.2, -0.15) is 5.10 Å². The van der Waals surface area contributed by atoms with Crippen LogP contribution in [0.4, 0.5) is 0 Å². The van der Waals surface area contributed by atoms with Crippen LogP contribution in [0.15, 0.2) is 6.33 Å². The van der Waals surface area contributed by atoms with Crippen molar-refractivity contribution in [3.8, 4) is 0 Å². The molecule has 1 aliphatic heterocycles. The van der Waals surface area contributed by atoms with Crippen LogP contribution < -0.4 is 5.32 Å². The minimum Gasteiger partial charge on any atom is -0.310 e. The van der Waals surface area contributed by atoms with E-state index in [2.05, 4.69) is 61.8 Å². The van der Waals surface area contributed by atoms with Crippen molar-refractivity contribution in [1.82, 2.24) is 25.0 Å². The number of hydrogen-bond acceptors (Lipinski definition) is 4. The summed E-state index contributed by atoms with van der Waals surface area (Å²) in [7, 11) is 0. The summed E-state index contributed by atoms with van der Waals surface area (Å²) in [6.07, 6.45) is 2.77. The minimum atomic E-state index is 0.144. The van der Waals surface area contributed by atoms with Crippen molar-refractivity contribution in [1.29, 1.82) is 0 Å². The van der Waals surface area contributed by atoms with Gasteiger partial charge in [-0.25, -0.2) is 9.67 Å². The lowest BCUT2D eigenvalue weighted by Crippen LogP contribution is -2.64. The lowest BCUT2D eigenvalue weighted by atomic mass is 9.83.